The highest BCUT2D eigenvalue weighted by Crippen LogP contribution is 2.20. The topological polar surface area (TPSA) is 54.0 Å². The second-order valence-electron chi connectivity index (χ2n) is 5.25. The highest BCUT2D eigenvalue weighted by molar-refractivity contribution is 7.09. The Labute approximate surface area is 128 Å². The number of carbonyl (C=O) groups excluding carboxylic acids is 1. The molecule has 2 atom stereocenters. The number of nitrogens with zero attached hydrogens (tertiary/aromatic N) is 1. The molecule has 0 saturated heterocycles. The van der Waals surface area contributed by atoms with E-state index < -0.39 is 0 Å². The van der Waals surface area contributed by atoms with E-state index in [4.69, 9.17) is 0 Å². The van der Waals surface area contributed by atoms with Crippen LogP contribution in [0.1, 0.15) is 35.5 Å². The quantitative estimate of drug-likeness (QED) is 0.912. The van der Waals surface area contributed by atoms with Crippen LogP contribution in [-0.4, -0.2) is 16.9 Å². The Kier molecular flexibility index (Phi) is 4.31. The fourth-order valence-corrected chi connectivity index (χ4v) is 3.43. The number of thiazole rings is 1. The van der Waals surface area contributed by atoms with Crippen molar-refractivity contribution in [2.45, 2.75) is 38.4 Å². The Morgan fingerprint density at radius 3 is 3.00 bits per heavy atom. The first-order valence-electron chi connectivity index (χ1n) is 7.28. The first kappa shape index (κ1) is 14.2. The van der Waals surface area contributed by atoms with Crippen molar-refractivity contribution in [1.29, 1.82) is 0 Å². The SMILES string of the molecule is CCC(NC(=O)[C@H]1Cc2ccccc2CN1)c1nccs1. The monoisotopic (exact) mass is 301 g/mol. The summed E-state index contributed by atoms with van der Waals surface area (Å²) < 4.78 is 0. The molecule has 1 aliphatic rings. The van der Waals surface area contributed by atoms with E-state index in [9.17, 15) is 4.79 Å². The van der Waals surface area contributed by atoms with Gasteiger partial charge in [0.15, 0.2) is 0 Å². The lowest BCUT2D eigenvalue weighted by Gasteiger charge is -2.26. The smallest absolute Gasteiger partial charge is 0.238 e. The molecule has 4 nitrogen and oxygen atoms in total. The van der Waals surface area contributed by atoms with Gasteiger partial charge in [0.1, 0.15) is 5.01 Å². The Balaban J connectivity index is 1.66. The van der Waals surface area contributed by atoms with E-state index in [0.29, 0.717) is 0 Å². The highest BCUT2D eigenvalue weighted by atomic mass is 32.1. The summed E-state index contributed by atoms with van der Waals surface area (Å²) in [7, 11) is 0. The summed E-state index contributed by atoms with van der Waals surface area (Å²) >= 11 is 1.59. The molecule has 1 amide bonds. The van der Waals surface area contributed by atoms with Crippen molar-refractivity contribution in [3.8, 4) is 0 Å². The number of hydrogen-bond acceptors (Lipinski definition) is 4. The second-order valence-corrected chi connectivity index (χ2v) is 6.17. The fraction of sp³-hybridized carbons (Fsp3) is 0.375. The van der Waals surface area contributed by atoms with Crippen molar-refractivity contribution < 1.29 is 4.79 Å². The number of rotatable bonds is 4. The van der Waals surface area contributed by atoms with Gasteiger partial charge in [0.25, 0.3) is 0 Å². The van der Waals surface area contributed by atoms with Gasteiger partial charge >= 0.3 is 0 Å². The van der Waals surface area contributed by atoms with Gasteiger partial charge < -0.3 is 10.6 Å². The summed E-state index contributed by atoms with van der Waals surface area (Å²) in [6.07, 6.45) is 3.38. The molecule has 0 spiro atoms. The summed E-state index contributed by atoms with van der Waals surface area (Å²) in [6, 6.07) is 8.14. The number of carbonyl (C=O) groups is 1. The maximum Gasteiger partial charge on any atom is 0.238 e. The largest absolute Gasteiger partial charge is 0.346 e. The Morgan fingerprint density at radius 2 is 2.29 bits per heavy atom. The van der Waals surface area contributed by atoms with Gasteiger partial charge in [0.05, 0.1) is 12.1 Å². The number of hydrogen-bond donors (Lipinski definition) is 2. The van der Waals surface area contributed by atoms with Crippen LogP contribution in [0.15, 0.2) is 35.8 Å². The average Bonchev–Trinajstić information content (AvgIpc) is 3.06. The minimum atomic E-state index is -0.158. The molecule has 21 heavy (non-hydrogen) atoms. The van der Waals surface area contributed by atoms with Crippen molar-refractivity contribution in [2.75, 3.05) is 0 Å². The molecular formula is C16H19N3OS. The van der Waals surface area contributed by atoms with Crippen LogP contribution in [0.4, 0.5) is 0 Å². The van der Waals surface area contributed by atoms with Crippen LogP contribution >= 0.6 is 11.3 Å². The Morgan fingerprint density at radius 1 is 1.48 bits per heavy atom. The fourth-order valence-electron chi connectivity index (χ4n) is 2.66. The number of nitrogens with one attached hydrogen (secondary N) is 2. The molecule has 0 aliphatic carbocycles. The lowest BCUT2D eigenvalue weighted by Crippen LogP contribution is -2.48. The van der Waals surface area contributed by atoms with Crippen LogP contribution in [-0.2, 0) is 17.8 Å². The second kappa shape index (κ2) is 6.37. The van der Waals surface area contributed by atoms with Gasteiger partial charge in [-0.1, -0.05) is 31.2 Å². The number of aromatic nitrogens is 1. The molecule has 2 heterocycles. The average molecular weight is 301 g/mol. The van der Waals surface area contributed by atoms with Gasteiger partial charge in [0.2, 0.25) is 5.91 Å². The van der Waals surface area contributed by atoms with Gasteiger partial charge in [-0.3, -0.25) is 4.79 Å². The molecule has 1 aliphatic heterocycles. The maximum atomic E-state index is 12.5. The van der Waals surface area contributed by atoms with Crippen LogP contribution in [0.2, 0.25) is 0 Å². The third kappa shape index (κ3) is 3.14. The van der Waals surface area contributed by atoms with E-state index in [0.717, 1.165) is 24.4 Å². The van der Waals surface area contributed by atoms with E-state index in [1.807, 2.05) is 17.5 Å². The van der Waals surface area contributed by atoms with Crippen molar-refractivity contribution >= 4 is 17.2 Å². The normalized spacial score (nSPS) is 18.8. The third-order valence-electron chi connectivity index (χ3n) is 3.87. The molecule has 1 aromatic carbocycles. The first-order chi connectivity index (χ1) is 10.3. The summed E-state index contributed by atoms with van der Waals surface area (Å²) in [5, 5.41) is 9.35. The van der Waals surface area contributed by atoms with Crippen LogP contribution in [0.25, 0.3) is 0 Å². The number of amides is 1. The molecule has 3 rings (SSSR count). The van der Waals surface area contributed by atoms with E-state index in [2.05, 4.69) is 34.7 Å². The highest BCUT2D eigenvalue weighted by Gasteiger charge is 2.26. The zero-order chi connectivity index (χ0) is 14.7. The lowest BCUT2D eigenvalue weighted by atomic mass is 9.95. The predicted octanol–water partition coefficient (Wildman–Crippen LogP) is 2.42. The minimum absolute atomic E-state index is 0.0106. The van der Waals surface area contributed by atoms with Crippen molar-refractivity contribution in [1.82, 2.24) is 15.6 Å². The molecule has 1 aromatic heterocycles. The summed E-state index contributed by atoms with van der Waals surface area (Å²) in [4.78, 5) is 16.8. The molecule has 110 valence electrons. The summed E-state index contributed by atoms with van der Waals surface area (Å²) in [5.41, 5.74) is 2.55. The number of fused-ring (bicyclic) bond motifs is 1. The van der Waals surface area contributed by atoms with Crippen molar-refractivity contribution in [2.24, 2.45) is 0 Å². The van der Waals surface area contributed by atoms with E-state index in [1.54, 1.807) is 17.5 Å². The van der Waals surface area contributed by atoms with Crippen LogP contribution in [0.5, 0.6) is 0 Å². The molecule has 0 radical (unpaired) electrons. The van der Waals surface area contributed by atoms with Crippen LogP contribution in [0, 0.1) is 0 Å². The Bertz CT molecular complexity index is 612. The molecule has 0 bridgehead atoms. The summed E-state index contributed by atoms with van der Waals surface area (Å²) in [5.74, 6) is 0.0616. The zero-order valence-corrected chi connectivity index (χ0v) is 12.8. The van der Waals surface area contributed by atoms with Crippen LogP contribution < -0.4 is 10.6 Å². The van der Waals surface area contributed by atoms with Crippen molar-refractivity contribution in [3.63, 3.8) is 0 Å². The van der Waals surface area contributed by atoms with E-state index >= 15 is 0 Å². The molecule has 0 fully saturated rings. The van der Waals surface area contributed by atoms with Gasteiger partial charge in [-0.15, -0.1) is 11.3 Å². The molecule has 5 heteroatoms. The van der Waals surface area contributed by atoms with Gasteiger partial charge in [-0.2, -0.15) is 0 Å². The molecule has 2 N–H and O–H groups in total. The van der Waals surface area contributed by atoms with Gasteiger partial charge in [-0.25, -0.2) is 4.98 Å². The first-order valence-corrected chi connectivity index (χ1v) is 8.16. The van der Waals surface area contributed by atoms with Gasteiger partial charge in [-0.05, 0) is 24.0 Å². The summed E-state index contributed by atoms with van der Waals surface area (Å²) in [6.45, 7) is 2.82. The molecular weight excluding hydrogens is 282 g/mol. The predicted molar refractivity (Wildman–Crippen MR) is 84.1 cm³/mol. The third-order valence-corrected chi connectivity index (χ3v) is 4.76. The van der Waals surface area contributed by atoms with Gasteiger partial charge in [0, 0.05) is 18.1 Å². The van der Waals surface area contributed by atoms with E-state index in [1.165, 1.54) is 11.1 Å². The lowest BCUT2D eigenvalue weighted by molar-refractivity contribution is -0.124. The molecule has 0 saturated carbocycles. The molecule has 1 unspecified atom stereocenters. The standard InChI is InChI=1S/C16H19N3OS/c1-2-13(16-17-7-8-21-16)19-15(20)14-9-11-5-3-4-6-12(11)10-18-14/h3-8,13-14,18H,2,9-10H2,1H3,(H,19,20)/t13?,14-/m1/s1. The van der Waals surface area contributed by atoms with E-state index in [-0.39, 0.29) is 18.0 Å². The van der Waals surface area contributed by atoms with Crippen LogP contribution in [0.3, 0.4) is 0 Å². The molecule has 2 aromatic rings. The minimum Gasteiger partial charge on any atom is -0.346 e. The number of benzene rings is 1. The zero-order valence-electron chi connectivity index (χ0n) is 12.0. The Hall–Kier alpha value is -1.72. The van der Waals surface area contributed by atoms with Crippen molar-refractivity contribution in [3.05, 3.63) is 52.0 Å². The maximum absolute atomic E-state index is 12.5.